The SMILES string of the molecule is Cc1cccc(N2CCN(c3ccccc3Cl)CC2)n1. The van der Waals surface area contributed by atoms with Crippen molar-refractivity contribution in [1.82, 2.24) is 4.98 Å². The average Bonchev–Trinajstić information content (AvgIpc) is 2.48. The second-order valence-corrected chi connectivity index (χ2v) is 5.47. The topological polar surface area (TPSA) is 19.4 Å². The zero-order valence-electron chi connectivity index (χ0n) is 11.6. The highest BCUT2D eigenvalue weighted by Crippen LogP contribution is 2.26. The number of hydrogen-bond donors (Lipinski definition) is 0. The van der Waals surface area contributed by atoms with E-state index in [0.717, 1.165) is 48.4 Å². The highest BCUT2D eigenvalue weighted by atomic mass is 35.5. The van der Waals surface area contributed by atoms with Gasteiger partial charge in [0, 0.05) is 31.9 Å². The number of halogens is 1. The molecule has 20 heavy (non-hydrogen) atoms. The Kier molecular flexibility index (Phi) is 3.79. The summed E-state index contributed by atoms with van der Waals surface area (Å²) < 4.78 is 0. The van der Waals surface area contributed by atoms with Gasteiger partial charge in [-0.25, -0.2) is 4.98 Å². The lowest BCUT2D eigenvalue weighted by Crippen LogP contribution is -2.47. The minimum atomic E-state index is 0.828. The molecule has 0 saturated carbocycles. The Balaban J connectivity index is 1.70. The van der Waals surface area contributed by atoms with Gasteiger partial charge in [-0.2, -0.15) is 0 Å². The maximum Gasteiger partial charge on any atom is 0.128 e. The number of anilines is 2. The van der Waals surface area contributed by atoms with Gasteiger partial charge in [0.15, 0.2) is 0 Å². The number of rotatable bonds is 2. The fraction of sp³-hybridized carbons (Fsp3) is 0.312. The molecule has 3 nitrogen and oxygen atoms in total. The van der Waals surface area contributed by atoms with Crippen LogP contribution in [0.2, 0.25) is 5.02 Å². The Labute approximate surface area is 124 Å². The van der Waals surface area contributed by atoms with Gasteiger partial charge >= 0.3 is 0 Å². The first-order chi connectivity index (χ1) is 9.74. The molecule has 2 aromatic rings. The van der Waals surface area contributed by atoms with Gasteiger partial charge in [-0.15, -0.1) is 0 Å². The van der Waals surface area contributed by atoms with E-state index in [9.17, 15) is 0 Å². The molecule has 1 saturated heterocycles. The Morgan fingerprint density at radius 1 is 0.900 bits per heavy atom. The Bertz CT molecular complexity index is 592. The summed E-state index contributed by atoms with van der Waals surface area (Å²) >= 11 is 6.26. The van der Waals surface area contributed by atoms with E-state index in [1.807, 2.05) is 31.2 Å². The first kappa shape index (κ1) is 13.3. The molecule has 1 aliphatic rings. The summed E-state index contributed by atoms with van der Waals surface area (Å²) in [5.41, 5.74) is 2.20. The van der Waals surface area contributed by atoms with Crippen molar-refractivity contribution >= 4 is 23.1 Å². The van der Waals surface area contributed by atoms with E-state index in [4.69, 9.17) is 11.6 Å². The molecule has 0 N–H and O–H groups in total. The second-order valence-electron chi connectivity index (χ2n) is 5.06. The molecule has 0 bridgehead atoms. The fourth-order valence-corrected chi connectivity index (χ4v) is 2.84. The van der Waals surface area contributed by atoms with E-state index in [0.29, 0.717) is 0 Å². The van der Waals surface area contributed by atoms with E-state index in [-0.39, 0.29) is 0 Å². The molecular formula is C16H18ClN3. The molecule has 4 heteroatoms. The number of hydrogen-bond acceptors (Lipinski definition) is 3. The van der Waals surface area contributed by atoms with Gasteiger partial charge in [-0.1, -0.05) is 29.8 Å². The molecule has 1 fully saturated rings. The molecule has 0 spiro atoms. The van der Waals surface area contributed by atoms with E-state index in [1.165, 1.54) is 0 Å². The third-order valence-electron chi connectivity index (χ3n) is 3.67. The fourth-order valence-electron chi connectivity index (χ4n) is 2.59. The Morgan fingerprint density at radius 2 is 1.60 bits per heavy atom. The zero-order valence-corrected chi connectivity index (χ0v) is 12.3. The van der Waals surface area contributed by atoms with E-state index >= 15 is 0 Å². The third-order valence-corrected chi connectivity index (χ3v) is 3.99. The van der Waals surface area contributed by atoms with Gasteiger partial charge in [0.25, 0.3) is 0 Å². The highest BCUT2D eigenvalue weighted by Gasteiger charge is 2.19. The van der Waals surface area contributed by atoms with Gasteiger partial charge in [0.1, 0.15) is 5.82 Å². The van der Waals surface area contributed by atoms with Gasteiger partial charge in [-0.05, 0) is 31.2 Å². The lowest BCUT2D eigenvalue weighted by atomic mass is 10.2. The normalized spacial score (nSPS) is 15.5. The summed E-state index contributed by atoms with van der Waals surface area (Å²) in [6.45, 7) is 5.92. The lowest BCUT2D eigenvalue weighted by molar-refractivity contribution is 0.647. The van der Waals surface area contributed by atoms with Crippen LogP contribution < -0.4 is 9.80 Å². The van der Waals surface area contributed by atoms with E-state index in [2.05, 4.69) is 33.0 Å². The Hall–Kier alpha value is -1.74. The number of para-hydroxylation sites is 1. The van der Waals surface area contributed by atoms with Gasteiger partial charge in [0.05, 0.1) is 10.7 Å². The van der Waals surface area contributed by atoms with Crippen LogP contribution in [-0.2, 0) is 0 Å². The number of pyridine rings is 1. The average molecular weight is 288 g/mol. The first-order valence-corrected chi connectivity index (χ1v) is 7.30. The van der Waals surface area contributed by atoms with Crippen molar-refractivity contribution in [1.29, 1.82) is 0 Å². The minimum absolute atomic E-state index is 0.828. The van der Waals surface area contributed by atoms with Crippen LogP contribution in [0.15, 0.2) is 42.5 Å². The molecule has 1 aromatic heterocycles. The van der Waals surface area contributed by atoms with Crippen molar-refractivity contribution in [3.8, 4) is 0 Å². The Morgan fingerprint density at radius 3 is 2.30 bits per heavy atom. The molecule has 1 aromatic carbocycles. The van der Waals surface area contributed by atoms with Crippen molar-refractivity contribution < 1.29 is 0 Å². The summed E-state index contributed by atoms with van der Waals surface area (Å²) in [5, 5.41) is 0.828. The second kappa shape index (κ2) is 5.71. The van der Waals surface area contributed by atoms with Crippen molar-refractivity contribution in [3.05, 3.63) is 53.2 Å². The van der Waals surface area contributed by atoms with Crippen LogP contribution in [-0.4, -0.2) is 31.2 Å². The van der Waals surface area contributed by atoms with Crippen LogP contribution >= 0.6 is 11.6 Å². The monoisotopic (exact) mass is 287 g/mol. The standard InChI is InChI=1S/C16H18ClN3/c1-13-5-4-8-16(18-13)20-11-9-19(10-12-20)15-7-3-2-6-14(15)17/h2-8H,9-12H2,1H3. The maximum atomic E-state index is 6.26. The number of piperazine rings is 1. The largest absolute Gasteiger partial charge is 0.367 e. The van der Waals surface area contributed by atoms with Gasteiger partial charge in [0.2, 0.25) is 0 Å². The smallest absolute Gasteiger partial charge is 0.128 e. The van der Waals surface area contributed by atoms with Crippen LogP contribution in [0, 0.1) is 6.92 Å². The van der Waals surface area contributed by atoms with Crippen molar-refractivity contribution in [3.63, 3.8) is 0 Å². The van der Waals surface area contributed by atoms with Crippen molar-refractivity contribution in [2.75, 3.05) is 36.0 Å². The van der Waals surface area contributed by atoms with Gasteiger partial charge < -0.3 is 9.80 Å². The van der Waals surface area contributed by atoms with Crippen LogP contribution in [0.1, 0.15) is 5.69 Å². The predicted molar refractivity (Wildman–Crippen MR) is 84.9 cm³/mol. The minimum Gasteiger partial charge on any atom is -0.367 e. The first-order valence-electron chi connectivity index (χ1n) is 6.92. The summed E-state index contributed by atoms with van der Waals surface area (Å²) in [4.78, 5) is 9.27. The van der Waals surface area contributed by atoms with Crippen LogP contribution in [0.25, 0.3) is 0 Å². The van der Waals surface area contributed by atoms with Crippen LogP contribution in [0.5, 0.6) is 0 Å². The molecule has 2 heterocycles. The highest BCUT2D eigenvalue weighted by molar-refractivity contribution is 6.33. The molecule has 0 atom stereocenters. The summed E-state index contributed by atoms with van der Waals surface area (Å²) in [7, 11) is 0. The third kappa shape index (κ3) is 2.73. The maximum absolute atomic E-state index is 6.26. The molecule has 0 unspecified atom stereocenters. The van der Waals surface area contributed by atoms with Gasteiger partial charge in [-0.3, -0.25) is 0 Å². The van der Waals surface area contributed by atoms with Crippen molar-refractivity contribution in [2.24, 2.45) is 0 Å². The van der Waals surface area contributed by atoms with Crippen molar-refractivity contribution in [2.45, 2.75) is 6.92 Å². The van der Waals surface area contributed by atoms with Crippen LogP contribution in [0.3, 0.4) is 0 Å². The van der Waals surface area contributed by atoms with E-state index < -0.39 is 0 Å². The summed E-state index contributed by atoms with van der Waals surface area (Å²) in [6, 6.07) is 14.2. The molecule has 1 aliphatic heterocycles. The predicted octanol–water partition coefficient (Wildman–Crippen LogP) is 3.37. The molecule has 104 valence electrons. The quantitative estimate of drug-likeness (QED) is 0.844. The number of aryl methyl sites for hydroxylation is 1. The van der Waals surface area contributed by atoms with E-state index in [1.54, 1.807) is 0 Å². The molecule has 0 radical (unpaired) electrons. The lowest BCUT2D eigenvalue weighted by Gasteiger charge is -2.37. The summed E-state index contributed by atoms with van der Waals surface area (Å²) in [5.74, 6) is 1.07. The molecule has 0 aliphatic carbocycles. The number of nitrogens with zero attached hydrogens (tertiary/aromatic N) is 3. The molecule has 3 rings (SSSR count). The summed E-state index contributed by atoms with van der Waals surface area (Å²) in [6.07, 6.45) is 0. The van der Waals surface area contributed by atoms with Crippen LogP contribution in [0.4, 0.5) is 11.5 Å². The number of benzene rings is 1. The zero-order chi connectivity index (χ0) is 13.9. The number of aromatic nitrogens is 1. The molecular weight excluding hydrogens is 270 g/mol. The molecule has 0 amide bonds.